The molecule has 0 aliphatic rings. The number of Topliss-reactive ketones (excluding diaryl/α,β-unsaturated/α-hetero) is 1. The molecule has 0 saturated heterocycles. The first-order valence-electron chi connectivity index (χ1n) is 12.8. The van der Waals surface area contributed by atoms with Crippen LogP contribution in [0.15, 0.2) is 54.9 Å². The van der Waals surface area contributed by atoms with Gasteiger partial charge >= 0.3 is 0 Å². The molecule has 0 radical (unpaired) electrons. The standard InChI is InChI=1S/C29H40N4O4/c1-5-15-29(18-20(2)3,28(36)32-30)26(34)25(17-23-19-31-16-14-21(23)4)24(27(35)33-37)13-9-12-22-10-7-6-8-11-22/h6-12,14,16,19-20,24-25,37H,5,13,15,17-18,30H2,1-4H3,(H,32,36)(H,33,35)/b12-9+/t24-,25+,29?/m0/s1. The molecule has 1 aromatic carbocycles. The van der Waals surface area contributed by atoms with Gasteiger partial charge in [0.1, 0.15) is 5.41 Å². The summed E-state index contributed by atoms with van der Waals surface area (Å²) in [6.07, 6.45) is 8.57. The SMILES string of the molecule is CCCC(CC(C)C)(C(=O)NN)C(=O)[C@H](Cc1cnccc1C)[C@H](C/C=C/c1ccccc1)C(=O)NO. The third-order valence-electron chi connectivity index (χ3n) is 6.83. The summed E-state index contributed by atoms with van der Waals surface area (Å²) in [4.78, 5) is 45.0. The minimum Gasteiger partial charge on any atom is -0.298 e. The number of nitrogens with one attached hydrogen (secondary N) is 2. The number of nitrogens with two attached hydrogens (primary N) is 1. The maximum Gasteiger partial charge on any atom is 0.247 e. The second-order valence-electron chi connectivity index (χ2n) is 10.0. The quantitative estimate of drug-likeness (QED) is 0.0995. The van der Waals surface area contributed by atoms with Gasteiger partial charge in [0.25, 0.3) is 0 Å². The van der Waals surface area contributed by atoms with Gasteiger partial charge in [0.15, 0.2) is 5.78 Å². The molecule has 2 aromatic rings. The molecule has 0 bridgehead atoms. The number of benzene rings is 1. The van der Waals surface area contributed by atoms with Crippen LogP contribution in [0.2, 0.25) is 0 Å². The number of hydrogen-bond donors (Lipinski definition) is 4. The van der Waals surface area contributed by atoms with Crippen LogP contribution < -0.4 is 16.7 Å². The molecule has 200 valence electrons. The van der Waals surface area contributed by atoms with Gasteiger partial charge in [0.2, 0.25) is 11.8 Å². The van der Waals surface area contributed by atoms with Crippen molar-refractivity contribution in [2.75, 3.05) is 0 Å². The van der Waals surface area contributed by atoms with Crippen LogP contribution in [0.5, 0.6) is 0 Å². The monoisotopic (exact) mass is 508 g/mol. The van der Waals surface area contributed by atoms with Crippen molar-refractivity contribution in [2.45, 2.75) is 59.8 Å². The van der Waals surface area contributed by atoms with Crippen molar-refractivity contribution in [2.24, 2.45) is 29.0 Å². The first kappa shape index (κ1) is 29.9. The fourth-order valence-electron chi connectivity index (χ4n) is 5.08. The molecule has 0 aliphatic carbocycles. The number of amides is 2. The van der Waals surface area contributed by atoms with E-state index in [0.717, 1.165) is 16.7 Å². The molecular weight excluding hydrogens is 468 g/mol. The van der Waals surface area contributed by atoms with Gasteiger partial charge in [0, 0.05) is 18.3 Å². The van der Waals surface area contributed by atoms with Crippen LogP contribution in [0.3, 0.4) is 0 Å². The summed E-state index contributed by atoms with van der Waals surface area (Å²) in [6, 6.07) is 11.4. The molecule has 0 aliphatic heterocycles. The van der Waals surface area contributed by atoms with Crippen molar-refractivity contribution < 1.29 is 19.6 Å². The van der Waals surface area contributed by atoms with Gasteiger partial charge in [0.05, 0.1) is 5.92 Å². The van der Waals surface area contributed by atoms with Crippen LogP contribution in [0.1, 0.15) is 63.1 Å². The molecule has 0 spiro atoms. The van der Waals surface area contributed by atoms with Crippen LogP contribution in [0.25, 0.3) is 6.08 Å². The molecule has 5 N–H and O–H groups in total. The van der Waals surface area contributed by atoms with Crippen molar-refractivity contribution in [3.8, 4) is 0 Å². The zero-order valence-corrected chi connectivity index (χ0v) is 22.2. The number of nitrogens with zero attached hydrogens (tertiary/aromatic N) is 1. The summed E-state index contributed by atoms with van der Waals surface area (Å²) in [6.45, 7) is 7.71. The van der Waals surface area contributed by atoms with E-state index in [1.165, 1.54) is 0 Å². The molecule has 37 heavy (non-hydrogen) atoms. The number of rotatable bonds is 14. The van der Waals surface area contributed by atoms with E-state index >= 15 is 0 Å². The summed E-state index contributed by atoms with van der Waals surface area (Å²) in [5, 5.41) is 9.63. The van der Waals surface area contributed by atoms with E-state index in [4.69, 9.17) is 5.84 Å². The van der Waals surface area contributed by atoms with Gasteiger partial charge < -0.3 is 0 Å². The average Bonchev–Trinajstić information content (AvgIpc) is 2.89. The predicted octanol–water partition coefficient (Wildman–Crippen LogP) is 4.17. The number of ketones is 1. The van der Waals surface area contributed by atoms with E-state index in [1.54, 1.807) is 17.9 Å². The van der Waals surface area contributed by atoms with E-state index < -0.39 is 29.1 Å². The lowest BCUT2D eigenvalue weighted by atomic mass is 9.65. The van der Waals surface area contributed by atoms with Crippen molar-refractivity contribution >= 4 is 23.7 Å². The minimum atomic E-state index is -1.41. The fraction of sp³-hybridized carbons (Fsp3) is 0.448. The highest BCUT2D eigenvalue weighted by Gasteiger charge is 2.50. The number of allylic oxidation sites excluding steroid dienone is 1. The molecule has 8 heteroatoms. The number of hydrazine groups is 1. The van der Waals surface area contributed by atoms with Gasteiger partial charge in [-0.2, -0.15) is 0 Å². The topological polar surface area (TPSA) is 134 Å². The molecule has 3 atom stereocenters. The highest BCUT2D eigenvalue weighted by Crippen LogP contribution is 2.39. The van der Waals surface area contributed by atoms with Gasteiger partial charge in [-0.3, -0.25) is 30.0 Å². The average molecular weight is 509 g/mol. The van der Waals surface area contributed by atoms with Gasteiger partial charge in [-0.05, 0) is 61.3 Å². The first-order valence-corrected chi connectivity index (χ1v) is 12.8. The number of hydrogen-bond acceptors (Lipinski definition) is 6. The highest BCUT2D eigenvalue weighted by atomic mass is 16.5. The Morgan fingerprint density at radius 2 is 1.84 bits per heavy atom. The highest BCUT2D eigenvalue weighted by molar-refractivity contribution is 6.08. The zero-order chi connectivity index (χ0) is 27.4. The lowest BCUT2D eigenvalue weighted by Crippen LogP contribution is -2.54. The van der Waals surface area contributed by atoms with Crippen molar-refractivity contribution in [3.63, 3.8) is 0 Å². The largest absolute Gasteiger partial charge is 0.298 e. The van der Waals surface area contributed by atoms with Gasteiger partial charge in [-0.25, -0.2) is 11.3 Å². The molecule has 1 unspecified atom stereocenters. The number of pyridine rings is 1. The van der Waals surface area contributed by atoms with E-state index in [0.29, 0.717) is 19.3 Å². The lowest BCUT2D eigenvalue weighted by molar-refractivity contribution is -0.151. The molecular formula is C29H40N4O4. The number of carbonyl (C=O) groups is 3. The molecule has 2 rings (SSSR count). The van der Waals surface area contributed by atoms with E-state index in [-0.39, 0.29) is 24.5 Å². The van der Waals surface area contributed by atoms with Crippen molar-refractivity contribution in [3.05, 3.63) is 71.6 Å². The minimum absolute atomic E-state index is 0.0247. The summed E-state index contributed by atoms with van der Waals surface area (Å²) in [7, 11) is 0. The lowest BCUT2D eigenvalue weighted by Gasteiger charge is -2.37. The van der Waals surface area contributed by atoms with Crippen LogP contribution in [-0.2, 0) is 20.8 Å². The molecule has 8 nitrogen and oxygen atoms in total. The van der Waals surface area contributed by atoms with Crippen LogP contribution in [0, 0.1) is 30.1 Å². The Kier molecular flexibility index (Phi) is 11.6. The van der Waals surface area contributed by atoms with Gasteiger partial charge in [-0.1, -0.05) is 69.7 Å². The van der Waals surface area contributed by atoms with Crippen LogP contribution in [-0.4, -0.2) is 27.8 Å². The van der Waals surface area contributed by atoms with Crippen LogP contribution in [0.4, 0.5) is 0 Å². The Morgan fingerprint density at radius 1 is 1.14 bits per heavy atom. The Labute approximate surface area is 219 Å². The maximum atomic E-state index is 14.5. The maximum absolute atomic E-state index is 14.5. The number of carbonyl (C=O) groups excluding carboxylic acids is 3. The molecule has 1 heterocycles. The first-order chi connectivity index (χ1) is 17.7. The Hall–Kier alpha value is -3.36. The second-order valence-corrected chi connectivity index (χ2v) is 10.0. The summed E-state index contributed by atoms with van der Waals surface area (Å²) in [5.41, 5.74) is 5.22. The molecule has 2 amide bonds. The van der Waals surface area contributed by atoms with E-state index in [2.05, 4.69) is 10.4 Å². The zero-order valence-electron chi connectivity index (χ0n) is 22.2. The van der Waals surface area contributed by atoms with E-state index in [9.17, 15) is 19.6 Å². The van der Waals surface area contributed by atoms with Crippen LogP contribution >= 0.6 is 0 Å². The Balaban J connectivity index is 2.62. The van der Waals surface area contributed by atoms with Crippen molar-refractivity contribution in [1.82, 2.24) is 15.9 Å². The summed E-state index contributed by atoms with van der Waals surface area (Å²) >= 11 is 0. The second kappa shape index (κ2) is 14.4. The molecule has 0 fully saturated rings. The molecule has 1 aromatic heterocycles. The fourth-order valence-corrected chi connectivity index (χ4v) is 5.08. The Bertz CT molecular complexity index is 1070. The smallest absolute Gasteiger partial charge is 0.247 e. The van der Waals surface area contributed by atoms with E-state index in [1.807, 2.05) is 76.2 Å². The van der Waals surface area contributed by atoms with Gasteiger partial charge in [-0.15, -0.1) is 0 Å². The number of hydroxylamine groups is 1. The third-order valence-corrected chi connectivity index (χ3v) is 6.83. The summed E-state index contributed by atoms with van der Waals surface area (Å²) in [5.74, 6) is 2.21. The third kappa shape index (κ3) is 7.81. The van der Waals surface area contributed by atoms with Crippen molar-refractivity contribution in [1.29, 1.82) is 0 Å². The number of aryl methyl sites for hydroxylation is 1. The Morgan fingerprint density at radius 3 is 2.41 bits per heavy atom. The molecule has 0 saturated carbocycles. The predicted molar refractivity (Wildman–Crippen MR) is 144 cm³/mol. The number of aromatic nitrogens is 1. The normalized spacial score (nSPS) is 14.7. The summed E-state index contributed by atoms with van der Waals surface area (Å²) < 4.78 is 0.